The van der Waals surface area contributed by atoms with E-state index in [1.54, 1.807) is 0 Å². The molecule has 0 radical (unpaired) electrons. The maximum Gasteiger partial charge on any atom is 0.0513 e. The van der Waals surface area contributed by atoms with Crippen molar-refractivity contribution in [2.24, 2.45) is 17.6 Å². The predicted molar refractivity (Wildman–Crippen MR) is 79.2 cm³/mol. The lowest BCUT2D eigenvalue weighted by Crippen LogP contribution is -2.56. The molecule has 0 bridgehead atoms. The van der Waals surface area contributed by atoms with Crippen LogP contribution in [0.2, 0.25) is 0 Å². The van der Waals surface area contributed by atoms with E-state index in [1.807, 2.05) is 0 Å². The van der Waals surface area contributed by atoms with Gasteiger partial charge in [-0.05, 0) is 59.3 Å². The van der Waals surface area contributed by atoms with Crippen LogP contribution in [0, 0.1) is 11.8 Å². The molecule has 0 spiro atoms. The second kappa shape index (κ2) is 6.53. The Hall–Kier alpha value is -0.160. The number of nitrogens with two attached hydrogens (primary N) is 1. The highest BCUT2D eigenvalue weighted by Crippen LogP contribution is 2.31. The predicted octanol–water partition coefficient (Wildman–Crippen LogP) is 1.01. The lowest BCUT2D eigenvalue weighted by Gasteiger charge is -2.44. The highest BCUT2D eigenvalue weighted by Gasteiger charge is 2.39. The number of hydrogen-bond acceptors (Lipinski definition) is 4. The maximum absolute atomic E-state index is 6.11. The topological polar surface area (TPSA) is 41.7 Å². The van der Waals surface area contributed by atoms with E-state index < -0.39 is 0 Å². The summed E-state index contributed by atoms with van der Waals surface area (Å²) in [7, 11) is 4.48. The number of piperidine rings is 1. The average Bonchev–Trinajstić information content (AvgIpc) is 2.95. The molecule has 0 aromatic carbocycles. The summed E-state index contributed by atoms with van der Waals surface area (Å²) in [6.45, 7) is 8.49. The zero-order chi connectivity index (χ0) is 13.9. The summed E-state index contributed by atoms with van der Waals surface area (Å²) < 4.78 is 5.57. The van der Waals surface area contributed by atoms with Gasteiger partial charge in [0.1, 0.15) is 0 Å². The Labute approximate surface area is 118 Å². The van der Waals surface area contributed by atoms with Gasteiger partial charge in [0, 0.05) is 31.2 Å². The number of nitrogens with zero attached hydrogens (tertiary/aromatic N) is 2. The second-order valence-electron chi connectivity index (χ2n) is 6.75. The van der Waals surface area contributed by atoms with Crippen LogP contribution in [0.25, 0.3) is 0 Å². The highest BCUT2D eigenvalue weighted by molar-refractivity contribution is 4.95. The standard InChI is InChI=1S/C15H31N3O/c1-15(12-16,14-6-9-19-11-14)18(3)10-13-4-7-17(2)8-5-13/h13-14H,4-12,16H2,1-3H3. The average molecular weight is 269 g/mol. The van der Waals surface area contributed by atoms with Crippen LogP contribution in [0.1, 0.15) is 26.2 Å². The monoisotopic (exact) mass is 269 g/mol. The zero-order valence-corrected chi connectivity index (χ0v) is 12.9. The summed E-state index contributed by atoms with van der Waals surface area (Å²) in [5.41, 5.74) is 6.21. The third kappa shape index (κ3) is 3.48. The molecule has 2 atom stereocenters. The van der Waals surface area contributed by atoms with Crippen molar-refractivity contribution < 1.29 is 4.74 Å². The van der Waals surface area contributed by atoms with Gasteiger partial charge >= 0.3 is 0 Å². The van der Waals surface area contributed by atoms with Crippen molar-refractivity contribution in [1.29, 1.82) is 0 Å². The fraction of sp³-hybridized carbons (Fsp3) is 1.00. The van der Waals surface area contributed by atoms with Crippen molar-refractivity contribution in [1.82, 2.24) is 9.80 Å². The molecule has 2 heterocycles. The second-order valence-corrected chi connectivity index (χ2v) is 6.75. The Kier molecular flexibility index (Phi) is 5.23. The molecule has 2 unspecified atom stereocenters. The van der Waals surface area contributed by atoms with E-state index in [9.17, 15) is 0 Å². The molecule has 2 rings (SSSR count). The summed E-state index contributed by atoms with van der Waals surface area (Å²) in [5.74, 6) is 1.42. The number of rotatable bonds is 5. The number of likely N-dealkylation sites (N-methyl/N-ethyl adjacent to an activating group) is 1. The van der Waals surface area contributed by atoms with Gasteiger partial charge in [-0.25, -0.2) is 0 Å². The van der Waals surface area contributed by atoms with E-state index in [1.165, 1.54) is 32.5 Å². The van der Waals surface area contributed by atoms with Crippen LogP contribution in [0.4, 0.5) is 0 Å². The normalized spacial score (nSPS) is 29.8. The van der Waals surface area contributed by atoms with Gasteiger partial charge in [-0.3, -0.25) is 4.90 Å². The van der Waals surface area contributed by atoms with Gasteiger partial charge in [-0.15, -0.1) is 0 Å². The van der Waals surface area contributed by atoms with Crippen molar-refractivity contribution in [3.63, 3.8) is 0 Å². The van der Waals surface area contributed by atoms with Crippen molar-refractivity contribution in [2.75, 3.05) is 53.5 Å². The molecule has 4 heteroatoms. The van der Waals surface area contributed by atoms with Gasteiger partial charge in [-0.1, -0.05) is 0 Å². The van der Waals surface area contributed by atoms with Gasteiger partial charge in [0.2, 0.25) is 0 Å². The Morgan fingerprint density at radius 3 is 2.53 bits per heavy atom. The van der Waals surface area contributed by atoms with Gasteiger partial charge < -0.3 is 15.4 Å². The summed E-state index contributed by atoms with van der Waals surface area (Å²) in [6.07, 6.45) is 3.80. The minimum absolute atomic E-state index is 0.0971. The molecule has 2 N–H and O–H groups in total. The van der Waals surface area contributed by atoms with Crippen molar-refractivity contribution in [3.05, 3.63) is 0 Å². The van der Waals surface area contributed by atoms with E-state index in [2.05, 4.69) is 30.8 Å². The first-order chi connectivity index (χ1) is 9.06. The van der Waals surface area contributed by atoms with Crippen molar-refractivity contribution in [3.8, 4) is 0 Å². The molecule has 0 saturated carbocycles. The molecule has 112 valence electrons. The maximum atomic E-state index is 6.11. The minimum Gasteiger partial charge on any atom is -0.381 e. The van der Waals surface area contributed by atoms with Crippen LogP contribution in [-0.2, 0) is 4.74 Å². The fourth-order valence-electron chi connectivity index (χ4n) is 3.50. The molecule has 2 saturated heterocycles. The van der Waals surface area contributed by atoms with Crippen LogP contribution < -0.4 is 5.73 Å². The van der Waals surface area contributed by atoms with Crippen molar-refractivity contribution in [2.45, 2.75) is 31.7 Å². The zero-order valence-electron chi connectivity index (χ0n) is 12.9. The summed E-state index contributed by atoms with van der Waals surface area (Å²) in [4.78, 5) is 4.95. The molecule has 2 aliphatic heterocycles. The van der Waals surface area contributed by atoms with Gasteiger partial charge in [-0.2, -0.15) is 0 Å². The fourth-order valence-corrected chi connectivity index (χ4v) is 3.50. The van der Waals surface area contributed by atoms with E-state index in [0.717, 1.165) is 32.1 Å². The van der Waals surface area contributed by atoms with E-state index >= 15 is 0 Å². The number of ether oxygens (including phenoxy) is 1. The van der Waals surface area contributed by atoms with Crippen LogP contribution in [0.15, 0.2) is 0 Å². The Balaban J connectivity index is 1.90. The third-order valence-corrected chi connectivity index (χ3v) is 5.46. The molecule has 0 amide bonds. The lowest BCUT2D eigenvalue weighted by molar-refractivity contribution is 0.0448. The number of hydrogen-bond donors (Lipinski definition) is 1. The highest BCUT2D eigenvalue weighted by atomic mass is 16.5. The smallest absolute Gasteiger partial charge is 0.0513 e. The third-order valence-electron chi connectivity index (χ3n) is 5.46. The molecular weight excluding hydrogens is 238 g/mol. The Morgan fingerprint density at radius 1 is 1.32 bits per heavy atom. The Bertz CT molecular complexity index is 273. The van der Waals surface area contributed by atoms with Gasteiger partial charge in [0.05, 0.1) is 6.61 Å². The molecule has 19 heavy (non-hydrogen) atoms. The quantitative estimate of drug-likeness (QED) is 0.809. The van der Waals surface area contributed by atoms with Crippen LogP contribution in [0.5, 0.6) is 0 Å². The SMILES string of the molecule is CN1CCC(CN(C)C(C)(CN)C2CCOC2)CC1. The van der Waals surface area contributed by atoms with Crippen LogP contribution in [0.3, 0.4) is 0 Å². The minimum atomic E-state index is 0.0971. The first-order valence-electron chi connectivity index (χ1n) is 7.74. The van der Waals surface area contributed by atoms with Gasteiger partial charge in [0.25, 0.3) is 0 Å². The number of likely N-dealkylation sites (tertiary alicyclic amines) is 1. The molecule has 4 nitrogen and oxygen atoms in total. The summed E-state index contributed by atoms with van der Waals surface area (Å²) >= 11 is 0. The van der Waals surface area contributed by atoms with Crippen molar-refractivity contribution >= 4 is 0 Å². The summed E-state index contributed by atoms with van der Waals surface area (Å²) in [6, 6.07) is 0. The van der Waals surface area contributed by atoms with E-state index in [-0.39, 0.29) is 5.54 Å². The molecule has 0 aliphatic carbocycles. The van der Waals surface area contributed by atoms with E-state index in [0.29, 0.717) is 5.92 Å². The van der Waals surface area contributed by atoms with Crippen LogP contribution >= 0.6 is 0 Å². The molecular formula is C15H31N3O. The molecule has 2 fully saturated rings. The van der Waals surface area contributed by atoms with E-state index in [4.69, 9.17) is 10.5 Å². The molecule has 0 aromatic rings. The Morgan fingerprint density at radius 2 is 2.00 bits per heavy atom. The van der Waals surface area contributed by atoms with Gasteiger partial charge in [0.15, 0.2) is 0 Å². The lowest BCUT2D eigenvalue weighted by atomic mass is 9.82. The first kappa shape index (κ1) is 15.2. The van der Waals surface area contributed by atoms with Crippen LogP contribution in [-0.4, -0.2) is 68.8 Å². The largest absolute Gasteiger partial charge is 0.381 e. The summed E-state index contributed by atoms with van der Waals surface area (Å²) in [5, 5.41) is 0. The first-order valence-corrected chi connectivity index (χ1v) is 7.74. The molecule has 0 aromatic heterocycles. The molecule has 2 aliphatic rings.